The lowest BCUT2D eigenvalue weighted by molar-refractivity contribution is -0.143. The van der Waals surface area contributed by atoms with E-state index in [0.29, 0.717) is 11.3 Å². The molecule has 0 aliphatic carbocycles. The topological polar surface area (TPSA) is 84.9 Å². The zero-order valence-corrected chi connectivity index (χ0v) is 10.2. The maximum atomic E-state index is 11.8. The summed E-state index contributed by atoms with van der Waals surface area (Å²) >= 11 is 0. The highest BCUT2D eigenvalue weighted by Crippen LogP contribution is 2.11. The van der Waals surface area contributed by atoms with Gasteiger partial charge in [0.05, 0.1) is 20.8 Å². The second-order valence-electron chi connectivity index (χ2n) is 3.46. The predicted molar refractivity (Wildman–Crippen MR) is 63.4 cm³/mol. The van der Waals surface area contributed by atoms with Crippen molar-refractivity contribution in [3.63, 3.8) is 0 Å². The highest BCUT2D eigenvalue weighted by Gasteiger charge is 2.20. The van der Waals surface area contributed by atoms with Gasteiger partial charge < -0.3 is 19.9 Å². The van der Waals surface area contributed by atoms with Gasteiger partial charge in [-0.05, 0) is 24.3 Å². The third-order valence-corrected chi connectivity index (χ3v) is 2.33. The van der Waals surface area contributed by atoms with Crippen LogP contribution in [0.25, 0.3) is 0 Å². The van der Waals surface area contributed by atoms with E-state index in [1.54, 1.807) is 24.3 Å². The number of carbonyl (C=O) groups excluding carboxylic acids is 2. The zero-order valence-electron chi connectivity index (χ0n) is 10.2. The van der Waals surface area contributed by atoms with Gasteiger partial charge in [0.1, 0.15) is 5.75 Å². The Kier molecular flexibility index (Phi) is 5.13. The summed E-state index contributed by atoms with van der Waals surface area (Å²) < 4.78 is 9.40. The normalized spacial score (nSPS) is 11.5. The predicted octanol–water partition coefficient (Wildman–Crippen LogP) is -0.0411. The Balaban J connectivity index is 2.71. The van der Waals surface area contributed by atoms with E-state index in [2.05, 4.69) is 10.1 Å². The first-order chi connectivity index (χ1) is 8.62. The third-order valence-electron chi connectivity index (χ3n) is 2.33. The van der Waals surface area contributed by atoms with Gasteiger partial charge in [0, 0.05) is 5.56 Å². The smallest absolute Gasteiger partial charge is 0.330 e. The van der Waals surface area contributed by atoms with Crippen molar-refractivity contribution < 1.29 is 24.2 Å². The number of aliphatic hydroxyl groups excluding tert-OH is 1. The van der Waals surface area contributed by atoms with Crippen molar-refractivity contribution in [3.05, 3.63) is 29.8 Å². The molecule has 1 rings (SSSR count). The molecule has 1 aromatic rings. The molecule has 0 bridgehead atoms. The van der Waals surface area contributed by atoms with Crippen LogP contribution < -0.4 is 10.1 Å². The number of benzene rings is 1. The molecule has 1 unspecified atom stereocenters. The van der Waals surface area contributed by atoms with Crippen LogP contribution in [0.15, 0.2) is 24.3 Å². The third kappa shape index (κ3) is 3.46. The molecule has 0 aliphatic heterocycles. The molecule has 6 heteroatoms. The average molecular weight is 253 g/mol. The Morgan fingerprint density at radius 2 is 1.89 bits per heavy atom. The van der Waals surface area contributed by atoms with E-state index in [1.807, 2.05) is 0 Å². The van der Waals surface area contributed by atoms with Crippen LogP contribution in [0, 0.1) is 0 Å². The Hall–Kier alpha value is -2.08. The van der Waals surface area contributed by atoms with Gasteiger partial charge in [-0.15, -0.1) is 0 Å². The Bertz CT molecular complexity index is 415. The number of amides is 1. The molecule has 0 aromatic heterocycles. The lowest BCUT2D eigenvalue weighted by Gasteiger charge is -2.13. The van der Waals surface area contributed by atoms with Crippen LogP contribution in [-0.4, -0.2) is 43.9 Å². The van der Waals surface area contributed by atoms with Gasteiger partial charge in [-0.1, -0.05) is 0 Å². The summed E-state index contributed by atoms with van der Waals surface area (Å²) in [6.07, 6.45) is 0. The Morgan fingerprint density at radius 3 is 2.33 bits per heavy atom. The molecule has 1 atom stereocenters. The van der Waals surface area contributed by atoms with Crippen molar-refractivity contribution in [2.24, 2.45) is 0 Å². The minimum Gasteiger partial charge on any atom is -0.497 e. The number of methoxy groups -OCH3 is 2. The molecular weight excluding hydrogens is 238 g/mol. The molecule has 0 aliphatic rings. The van der Waals surface area contributed by atoms with E-state index in [1.165, 1.54) is 14.2 Å². The van der Waals surface area contributed by atoms with Crippen LogP contribution in [0.3, 0.4) is 0 Å². The molecule has 0 saturated carbocycles. The largest absolute Gasteiger partial charge is 0.497 e. The summed E-state index contributed by atoms with van der Waals surface area (Å²) in [5.41, 5.74) is 0.359. The maximum absolute atomic E-state index is 11.8. The van der Waals surface area contributed by atoms with Crippen LogP contribution in [0.5, 0.6) is 5.75 Å². The van der Waals surface area contributed by atoms with E-state index in [9.17, 15) is 9.59 Å². The molecule has 0 heterocycles. The molecule has 18 heavy (non-hydrogen) atoms. The van der Waals surface area contributed by atoms with Crippen molar-refractivity contribution in [1.82, 2.24) is 5.32 Å². The minimum atomic E-state index is -1.07. The van der Waals surface area contributed by atoms with E-state index < -0.39 is 24.5 Å². The summed E-state index contributed by atoms with van der Waals surface area (Å²) in [5.74, 6) is -0.542. The summed E-state index contributed by atoms with van der Waals surface area (Å²) in [6.45, 7) is -0.519. The van der Waals surface area contributed by atoms with Gasteiger partial charge in [0.2, 0.25) is 0 Å². The summed E-state index contributed by atoms with van der Waals surface area (Å²) in [7, 11) is 2.71. The van der Waals surface area contributed by atoms with Gasteiger partial charge in [-0.25, -0.2) is 4.79 Å². The first-order valence-corrected chi connectivity index (χ1v) is 5.26. The van der Waals surface area contributed by atoms with Crippen molar-refractivity contribution in [2.45, 2.75) is 6.04 Å². The zero-order chi connectivity index (χ0) is 13.5. The van der Waals surface area contributed by atoms with Gasteiger partial charge in [0.25, 0.3) is 5.91 Å². The lowest BCUT2D eigenvalue weighted by Crippen LogP contribution is -2.44. The molecule has 0 fully saturated rings. The summed E-state index contributed by atoms with van der Waals surface area (Å²) in [6, 6.07) is 5.30. The molecule has 6 nitrogen and oxygen atoms in total. The number of aliphatic hydroxyl groups is 1. The lowest BCUT2D eigenvalue weighted by atomic mass is 10.2. The second kappa shape index (κ2) is 6.61. The van der Waals surface area contributed by atoms with Crippen molar-refractivity contribution >= 4 is 11.9 Å². The van der Waals surface area contributed by atoms with Gasteiger partial charge >= 0.3 is 5.97 Å². The molecule has 1 amide bonds. The number of carbonyl (C=O) groups is 2. The van der Waals surface area contributed by atoms with Crippen LogP contribution in [0.1, 0.15) is 10.4 Å². The van der Waals surface area contributed by atoms with Crippen LogP contribution >= 0.6 is 0 Å². The molecule has 0 spiro atoms. The average Bonchev–Trinajstić information content (AvgIpc) is 2.43. The van der Waals surface area contributed by atoms with Crippen LogP contribution in [0.2, 0.25) is 0 Å². The Morgan fingerprint density at radius 1 is 1.28 bits per heavy atom. The number of hydrogen-bond donors (Lipinski definition) is 2. The number of rotatable bonds is 5. The first kappa shape index (κ1) is 14.0. The summed E-state index contributed by atoms with van der Waals surface area (Å²) in [4.78, 5) is 23.0. The number of nitrogens with one attached hydrogen (secondary N) is 1. The number of ether oxygens (including phenoxy) is 2. The van der Waals surface area contributed by atoms with Gasteiger partial charge in [0.15, 0.2) is 6.04 Å². The molecule has 2 N–H and O–H groups in total. The van der Waals surface area contributed by atoms with E-state index >= 15 is 0 Å². The fourth-order valence-corrected chi connectivity index (χ4v) is 1.31. The molecule has 98 valence electrons. The fraction of sp³-hybridized carbons (Fsp3) is 0.333. The molecular formula is C12H15NO5. The Labute approximate surface area is 105 Å². The quantitative estimate of drug-likeness (QED) is 0.719. The van der Waals surface area contributed by atoms with Crippen LogP contribution in [-0.2, 0) is 9.53 Å². The van der Waals surface area contributed by atoms with Gasteiger partial charge in [-0.2, -0.15) is 0 Å². The highest BCUT2D eigenvalue weighted by atomic mass is 16.5. The SMILES string of the molecule is COC(=O)C(CO)NC(=O)c1ccc(OC)cc1. The molecule has 0 radical (unpaired) electrons. The fourth-order valence-electron chi connectivity index (χ4n) is 1.31. The maximum Gasteiger partial charge on any atom is 0.330 e. The molecule has 0 saturated heterocycles. The van der Waals surface area contributed by atoms with Crippen LogP contribution in [0.4, 0.5) is 0 Å². The highest BCUT2D eigenvalue weighted by molar-refractivity contribution is 5.96. The number of esters is 1. The summed E-state index contributed by atoms with van der Waals surface area (Å²) in [5, 5.41) is 11.3. The number of hydrogen-bond acceptors (Lipinski definition) is 5. The first-order valence-electron chi connectivity index (χ1n) is 5.26. The second-order valence-corrected chi connectivity index (χ2v) is 3.46. The van der Waals surface area contributed by atoms with E-state index in [-0.39, 0.29) is 0 Å². The van der Waals surface area contributed by atoms with E-state index in [4.69, 9.17) is 9.84 Å². The monoisotopic (exact) mass is 253 g/mol. The molecule has 1 aromatic carbocycles. The van der Waals surface area contributed by atoms with Crippen molar-refractivity contribution in [2.75, 3.05) is 20.8 Å². The van der Waals surface area contributed by atoms with E-state index in [0.717, 1.165) is 0 Å². The van der Waals surface area contributed by atoms with Gasteiger partial charge in [-0.3, -0.25) is 4.79 Å². The standard InChI is InChI=1S/C12H15NO5/c1-17-9-5-3-8(4-6-9)11(15)13-10(7-14)12(16)18-2/h3-6,10,14H,7H2,1-2H3,(H,13,15). The minimum absolute atomic E-state index is 0.359. The van der Waals surface area contributed by atoms with Crippen molar-refractivity contribution in [1.29, 1.82) is 0 Å². The van der Waals surface area contributed by atoms with Crippen molar-refractivity contribution in [3.8, 4) is 5.75 Å².